The second kappa shape index (κ2) is 7.70. The highest BCUT2D eigenvalue weighted by Crippen LogP contribution is 2.31. The summed E-state index contributed by atoms with van der Waals surface area (Å²) >= 11 is 1.46. The first kappa shape index (κ1) is 19.0. The molecule has 2 aromatic carbocycles. The third kappa shape index (κ3) is 4.83. The zero-order valence-corrected chi connectivity index (χ0v) is 15.7. The molecule has 0 heterocycles. The van der Waals surface area contributed by atoms with Gasteiger partial charge in [0.1, 0.15) is 0 Å². The van der Waals surface area contributed by atoms with Crippen LogP contribution < -0.4 is 4.72 Å². The van der Waals surface area contributed by atoms with Crippen molar-refractivity contribution < 1.29 is 13.5 Å². The molecule has 0 fully saturated rings. The predicted molar refractivity (Wildman–Crippen MR) is 98.8 cm³/mol. The number of aliphatic hydroxyl groups excluding tert-OH is 1. The van der Waals surface area contributed by atoms with Crippen LogP contribution in [0, 0.1) is 6.92 Å². The SMILES string of the molecule is Cc1ccc(S(=O)(=O)NC(C)(C)C(CO)Sc2ccccc2)cc1. The molecule has 4 nitrogen and oxygen atoms in total. The summed E-state index contributed by atoms with van der Waals surface area (Å²) in [5.41, 5.74) is 0.181. The number of aryl methyl sites for hydroxylation is 1. The molecule has 0 aromatic heterocycles. The van der Waals surface area contributed by atoms with Gasteiger partial charge in [-0.3, -0.25) is 0 Å². The summed E-state index contributed by atoms with van der Waals surface area (Å²) in [4.78, 5) is 1.21. The maximum atomic E-state index is 12.6. The van der Waals surface area contributed by atoms with Crippen molar-refractivity contribution in [3.63, 3.8) is 0 Å². The minimum absolute atomic E-state index is 0.136. The van der Waals surface area contributed by atoms with Gasteiger partial charge in [-0.1, -0.05) is 35.9 Å². The Morgan fingerprint density at radius 3 is 2.21 bits per heavy atom. The van der Waals surface area contributed by atoms with Crippen LogP contribution in [-0.4, -0.2) is 30.9 Å². The van der Waals surface area contributed by atoms with Crippen molar-refractivity contribution in [1.29, 1.82) is 0 Å². The van der Waals surface area contributed by atoms with Crippen molar-refractivity contribution >= 4 is 21.8 Å². The maximum Gasteiger partial charge on any atom is 0.241 e. The van der Waals surface area contributed by atoms with Gasteiger partial charge in [0.2, 0.25) is 10.0 Å². The van der Waals surface area contributed by atoms with Gasteiger partial charge in [0.05, 0.1) is 16.8 Å². The normalized spacial score (nSPS) is 13.7. The van der Waals surface area contributed by atoms with Crippen molar-refractivity contribution in [3.8, 4) is 0 Å². The van der Waals surface area contributed by atoms with Gasteiger partial charge in [0.25, 0.3) is 0 Å². The molecule has 130 valence electrons. The molecular weight excluding hydrogens is 342 g/mol. The zero-order valence-electron chi connectivity index (χ0n) is 14.1. The number of benzene rings is 2. The first-order valence-electron chi connectivity index (χ1n) is 7.68. The monoisotopic (exact) mass is 365 g/mol. The van der Waals surface area contributed by atoms with Gasteiger partial charge in [-0.05, 0) is 45.0 Å². The smallest absolute Gasteiger partial charge is 0.241 e. The Kier molecular flexibility index (Phi) is 6.09. The van der Waals surface area contributed by atoms with E-state index in [-0.39, 0.29) is 16.8 Å². The second-order valence-corrected chi connectivity index (χ2v) is 9.20. The Labute approximate surface area is 148 Å². The van der Waals surface area contributed by atoms with Gasteiger partial charge in [0, 0.05) is 10.4 Å². The molecule has 1 atom stereocenters. The van der Waals surface area contributed by atoms with Crippen molar-refractivity contribution in [2.24, 2.45) is 0 Å². The number of nitrogens with one attached hydrogen (secondary N) is 1. The van der Waals surface area contributed by atoms with Gasteiger partial charge in [-0.15, -0.1) is 11.8 Å². The standard InChI is InChI=1S/C18H23NO3S2/c1-14-9-11-16(12-10-14)24(21,22)19-18(2,3)17(13-20)23-15-7-5-4-6-8-15/h4-12,17,19-20H,13H2,1-3H3. The van der Waals surface area contributed by atoms with Crippen LogP contribution in [0.25, 0.3) is 0 Å². The van der Waals surface area contributed by atoms with Gasteiger partial charge >= 0.3 is 0 Å². The summed E-state index contributed by atoms with van der Waals surface area (Å²) < 4.78 is 28.0. The summed E-state index contributed by atoms with van der Waals surface area (Å²) in [6.45, 7) is 5.35. The minimum Gasteiger partial charge on any atom is -0.395 e. The highest BCUT2D eigenvalue weighted by atomic mass is 32.2. The highest BCUT2D eigenvalue weighted by molar-refractivity contribution is 8.00. The van der Waals surface area contributed by atoms with E-state index in [2.05, 4.69) is 4.72 Å². The van der Waals surface area contributed by atoms with Crippen LogP contribution in [0.15, 0.2) is 64.4 Å². The summed E-state index contributed by atoms with van der Waals surface area (Å²) in [7, 11) is -3.66. The van der Waals surface area contributed by atoms with Crippen LogP contribution in [0.3, 0.4) is 0 Å². The Bertz CT molecular complexity index is 757. The van der Waals surface area contributed by atoms with Crippen LogP contribution in [0.5, 0.6) is 0 Å². The average Bonchev–Trinajstić information content (AvgIpc) is 2.53. The summed E-state index contributed by atoms with van der Waals surface area (Å²) in [5.74, 6) is 0. The molecule has 0 aliphatic heterocycles. The highest BCUT2D eigenvalue weighted by Gasteiger charge is 2.34. The fourth-order valence-corrected chi connectivity index (χ4v) is 4.86. The van der Waals surface area contributed by atoms with Gasteiger partial charge in [-0.25, -0.2) is 13.1 Å². The van der Waals surface area contributed by atoms with E-state index in [1.54, 1.807) is 38.1 Å². The lowest BCUT2D eigenvalue weighted by Crippen LogP contribution is -2.52. The van der Waals surface area contributed by atoms with E-state index in [0.717, 1.165) is 10.5 Å². The summed E-state index contributed by atoms with van der Waals surface area (Å²) in [5, 5.41) is 9.45. The summed E-state index contributed by atoms with van der Waals surface area (Å²) in [6.07, 6.45) is 0. The van der Waals surface area contributed by atoms with Gasteiger partial charge < -0.3 is 5.11 Å². The van der Waals surface area contributed by atoms with Crippen LogP contribution in [0.1, 0.15) is 19.4 Å². The lowest BCUT2D eigenvalue weighted by Gasteiger charge is -2.33. The third-order valence-electron chi connectivity index (χ3n) is 3.72. The van der Waals surface area contributed by atoms with E-state index in [4.69, 9.17) is 0 Å². The quantitative estimate of drug-likeness (QED) is 0.740. The van der Waals surface area contributed by atoms with Crippen molar-refractivity contribution in [2.45, 2.75) is 41.4 Å². The molecule has 0 aliphatic rings. The molecule has 0 aliphatic carbocycles. The number of aliphatic hydroxyl groups is 1. The third-order valence-corrected chi connectivity index (χ3v) is 6.98. The van der Waals surface area contributed by atoms with Crippen molar-refractivity contribution in [1.82, 2.24) is 4.72 Å². The Morgan fingerprint density at radius 1 is 1.08 bits per heavy atom. The number of sulfonamides is 1. The number of thioether (sulfide) groups is 1. The van der Waals surface area contributed by atoms with Crippen LogP contribution in [0.2, 0.25) is 0 Å². The average molecular weight is 366 g/mol. The lowest BCUT2D eigenvalue weighted by atomic mass is 10.0. The fourth-order valence-electron chi connectivity index (χ4n) is 2.26. The van der Waals surface area contributed by atoms with E-state index >= 15 is 0 Å². The Balaban J connectivity index is 2.19. The Morgan fingerprint density at radius 2 is 1.67 bits per heavy atom. The van der Waals surface area contributed by atoms with E-state index in [1.165, 1.54) is 11.8 Å². The molecule has 2 rings (SSSR count). The molecule has 24 heavy (non-hydrogen) atoms. The number of hydrogen-bond donors (Lipinski definition) is 2. The minimum atomic E-state index is -3.66. The van der Waals surface area contributed by atoms with E-state index in [9.17, 15) is 13.5 Å². The van der Waals surface area contributed by atoms with Crippen molar-refractivity contribution in [2.75, 3.05) is 6.61 Å². The second-order valence-electron chi connectivity index (χ2n) is 6.24. The molecule has 0 amide bonds. The van der Waals surface area contributed by atoms with E-state index < -0.39 is 15.6 Å². The number of hydrogen-bond acceptors (Lipinski definition) is 4. The van der Waals surface area contributed by atoms with E-state index in [1.807, 2.05) is 37.3 Å². The van der Waals surface area contributed by atoms with Crippen LogP contribution >= 0.6 is 11.8 Å². The molecular formula is C18H23NO3S2. The molecule has 6 heteroatoms. The molecule has 0 bridgehead atoms. The van der Waals surface area contributed by atoms with E-state index in [0.29, 0.717) is 0 Å². The van der Waals surface area contributed by atoms with Crippen LogP contribution in [-0.2, 0) is 10.0 Å². The fraction of sp³-hybridized carbons (Fsp3) is 0.333. The largest absolute Gasteiger partial charge is 0.395 e. The maximum absolute atomic E-state index is 12.6. The molecule has 0 radical (unpaired) electrons. The van der Waals surface area contributed by atoms with Gasteiger partial charge in [0.15, 0.2) is 0 Å². The van der Waals surface area contributed by atoms with Crippen molar-refractivity contribution in [3.05, 3.63) is 60.2 Å². The van der Waals surface area contributed by atoms with Gasteiger partial charge in [-0.2, -0.15) is 0 Å². The molecule has 2 aromatic rings. The molecule has 0 spiro atoms. The first-order chi connectivity index (χ1) is 11.2. The summed E-state index contributed by atoms with van der Waals surface area (Å²) in [6, 6.07) is 16.4. The lowest BCUT2D eigenvalue weighted by molar-refractivity contribution is 0.254. The topological polar surface area (TPSA) is 66.4 Å². The first-order valence-corrected chi connectivity index (χ1v) is 10.0. The Hall–Kier alpha value is -1.34. The number of rotatable bonds is 7. The molecule has 1 unspecified atom stereocenters. The molecule has 2 N–H and O–H groups in total. The molecule has 0 saturated heterocycles. The van der Waals surface area contributed by atoms with Crippen LogP contribution in [0.4, 0.5) is 0 Å². The predicted octanol–water partition coefficient (Wildman–Crippen LogP) is 3.21. The zero-order chi connectivity index (χ0) is 17.8. The molecule has 0 saturated carbocycles.